The SMILES string of the molecule is CC(C)(Br)C(=O)OCCOCCOCCCl. The molecule has 0 saturated heterocycles. The van der Waals surface area contributed by atoms with Gasteiger partial charge in [0.15, 0.2) is 0 Å². The van der Waals surface area contributed by atoms with Crippen LogP contribution in [0, 0.1) is 0 Å². The molecule has 0 aliphatic heterocycles. The first-order chi connectivity index (χ1) is 7.48. The normalized spacial score (nSPS) is 11.5. The Morgan fingerprint density at radius 3 is 2.12 bits per heavy atom. The summed E-state index contributed by atoms with van der Waals surface area (Å²) in [7, 11) is 0. The summed E-state index contributed by atoms with van der Waals surface area (Å²) >= 11 is 8.62. The second-order valence-corrected chi connectivity index (χ2v) is 5.88. The molecule has 0 atom stereocenters. The van der Waals surface area contributed by atoms with Crippen molar-refractivity contribution in [3.05, 3.63) is 0 Å². The minimum atomic E-state index is -0.642. The van der Waals surface area contributed by atoms with Crippen molar-refractivity contribution in [2.24, 2.45) is 0 Å². The average Bonchev–Trinajstić information content (AvgIpc) is 2.20. The Labute approximate surface area is 110 Å². The Morgan fingerprint density at radius 2 is 1.62 bits per heavy atom. The van der Waals surface area contributed by atoms with Crippen molar-refractivity contribution in [2.75, 3.05) is 38.9 Å². The summed E-state index contributed by atoms with van der Waals surface area (Å²) in [6.45, 7) is 5.60. The number of alkyl halides is 2. The first-order valence-corrected chi connectivity index (χ1v) is 6.39. The van der Waals surface area contributed by atoms with E-state index in [-0.39, 0.29) is 12.6 Å². The summed E-state index contributed by atoms with van der Waals surface area (Å²) < 4.78 is 14.6. The number of carbonyl (C=O) groups is 1. The quantitative estimate of drug-likeness (QED) is 0.370. The zero-order valence-corrected chi connectivity index (χ0v) is 12.0. The van der Waals surface area contributed by atoms with Gasteiger partial charge in [0.25, 0.3) is 0 Å². The van der Waals surface area contributed by atoms with E-state index in [2.05, 4.69) is 15.9 Å². The Kier molecular flexibility index (Phi) is 9.31. The van der Waals surface area contributed by atoms with Crippen molar-refractivity contribution < 1.29 is 19.0 Å². The van der Waals surface area contributed by atoms with Crippen LogP contribution in [0.15, 0.2) is 0 Å². The van der Waals surface area contributed by atoms with Crippen molar-refractivity contribution in [3.63, 3.8) is 0 Å². The zero-order valence-electron chi connectivity index (χ0n) is 9.63. The molecule has 0 rings (SSSR count). The van der Waals surface area contributed by atoms with Crippen molar-refractivity contribution in [1.29, 1.82) is 0 Å². The Balaban J connectivity index is 3.25. The van der Waals surface area contributed by atoms with Gasteiger partial charge in [-0.3, -0.25) is 4.79 Å². The van der Waals surface area contributed by atoms with Gasteiger partial charge < -0.3 is 14.2 Å². The molecule has 0 aliphatic carbocycles. The third kappa shape index (κ3) is 9.39. The van der Waals surface area contributed by atoms with Crippen LogP contribution in [0.4, 0.5) is 0 Å². The maximum absolute atomic E-state index is 11.3. The van der Waals surface area contributed by atoms with Crippen LogP contribution in [0.25, 0.3) is 0 Å². The van der Waals surface area contributed by atoms with E-state index in [0.29, 0.717) is 32.3 Å². The minimum Gasteiger partial charge on any atom is -0.462 e. The molecule has 6 heteroatoms. The third-order valence-electron chi connectivity index (χ3n) is 1.54. The van der Waals surface area contributed by atoms with E-state index in [1.54, 1.807) is 13.8 Å². The third-order valence-corrected chi connectivity index (χ3v) is 2.02. The molecule has 0 saturated carbocycles. The second-order valence-electron chi connectivity index (χ2n) is 3.52. The molecule has 0 fully saturated rings. The smallest absolute Gasteiger partial charge is 0.322 e. The number of carbonyl (C=O) groups excluding carboxylic acids is 1. The van der Waals surface area contributed by atoms with Crippen LogP contribution in [-0.4, -0.2) is 49.2 Å². The van der Waals surface area contributed by atoms with Gasteiger partial charge in [-0.25, -0.2) is 0 Å². The number of rotatable bonds is 9. The number of ether oxygens (including phenoxy) is 3. The Hall–Kier alpha value is 0.160. The minimum absolute atomic E-state index is 0.253. The number of esters is 1. The van der Waals surface area contributed by atoms with E-state index in [0.717, 1.165) is 0 Å². The van der Waals surface area contributed by atoms with Crippen LogP contribution in [0.2, 0.25) is 0 Å². The van der Waals surface area contributed by atoms with Crippen LogP contribution in [0.5, 0.6) is 0 Å². The fourth-order valence-corrected chi connectivity index (χ4v) is 0.965. The van der Waals surface area contributed by atoms with Gasteiger partial charge in [-0.2, -0.15) is 0 Å². The largest absolute Gasteiger partial charge is 0.462 e. The van der Waals surface area contributed by atoms with Crippen LogP contribution in [-0.2, 0) is 19.0 Å². The van der Waals surface area contributed by atoms with Gasteiger partial charge in [0.1, 0.15) is 10.9 Å². The van der Waals surface area contributed by atoms with Gasteiger partial charge in [0.2, 0.25) is 0 Å². The van der Waals surface area contributed by atoms with Gasteiger partial charge in [-0.05, 0) is 13.8 Å². The van der Waals surface area contributed by atoms with Gasteiger partial charge >= 0.3 is 5.97 Å². The van der Waals surface area contributed by atoms with Gasteiger partial charge in [0.05, 0.1) is 26.4 Å². The summed E-state index contributed by atoms with van der Waals surface area (Å²) in [4.78, 5) is 11.3. The highest BCUT2D eigenvalue weighted by Gasteiger charge is 2.24. The Bertz CT molecular complexity index is 194. The van der Waals surface area contributed by atoms with E-state index >= 15 is 0 Å². The van der Waals surface area contributed by atoms with Crippen LogP contribution < -0.4 is 0 Å². The zero-order chi connectivity index (χ0) is 12.4. The topological polar surface area (TPSA) is 44.8 Å². The van der Waals surface area contributed by atoms with E-state index in [1.807, 2.05) is 0 Å². The summed E-state index contributed by atoms with van der Waals surface area (Å²) in [6.07, 6.45) is 0. The van der Waals surface area contributed by atoms with Crippen molar-refractivity contribution in [3.8, 4) is 0 Å². The standard InChI is InChI=1S/C10H18BrClO4/c1-10(2,11)9(13)16-8-7-15-6-5-14-4-3-12/h3-8H2,1-2H3. The van der Waals surface area contributed by atoms with E-state index in [4.69, 9.17) is 25.8 Å². The van der Waals surface area contributed by atoms with Gasteiger partial charge in [0, 0.05) is 5.88 Å². The molecule has 0 heterocycles. The number of halogens is 2. The number of hydrogen-bond acceptors (Lipinski definition) is 4. The molecular formula is C10H18BrClO4. The molecule has 0 unspecified atom stereocenters. The van der Waals surface area contributed by atoms with Crippen molar-refractivity contribution >= 4 is 33.5 Å². The number of hydrogen-bond donors (Lipinski definition) is 0. The highest BCUT2D eigenvalue weighted by atomic mass is 79.9. The fourth-order valence-electron chi connectivity index (χ4n) is 0.741. The van der Waals surface area contributed by atoms with Crippen LogP contribution >= 0.6 is 27.5 Å². The first-order valence-electron chi connectivity index (χ1n) is 5.06. The highest BCUT2D eigenvalue weighted by Crippen LogP contribution is 2.17. The lowest BCUT2D eigenvalue weighted by Gasteiger charge is -2.14. The summed E-state index contributed by atoms with van der Waals surface area (Å²) in [6, 6.07) is 0. The molecule has 0 amide bonds. The average molecular weight is 318 g/mol. The maximum Gasteiger partial charge on any atom is 0.322 e. The predicted molar refractivity (Wildman–Crippen MR) is 66.3 cm³/mol. The highest BCUT2D eigenvalue weighted by molar-refractivity contribution is 9.10. The molecule has 0 aromatic carbocycles. The van der Waals surface area contributed by atoms with Crippen molar-refractivity contribution in [1.82, 2.24) is 0 Å². The van der Waals surface area contributed by atoms with E-state index < -0.39 is 4.32 Å². The lowest BCUT2D eigenvalue weighted by molar-refractivity contribution is -0.147. The van der Waals surface area contributed by atoms with Crippen LogP contribution in [0.3, 0.4) is 0 Å². The molecule has 0 spiro atoms. The molecule has 96 valence electrons. The van der Waals surface area contributed by atoms with Gasteiger partial charge in [-0.1, -0.05) is 15.9 Å². The molecule has 0 aromatic heterocycles. The van der Waals surface area contributed by atoms with Gasteiger partial charge in [-0.15, -0.1) is 11.6 Å². The summed E-state index contributed by atoms with van der Waals surface area (Å²) in [5, 5.41) is 0. The monoisotopic (exact) mass is 316 g/mol. The lowest BCUT2D eigenvalue weighted by atomic mass is 10.2. The summed E-state index contributed by atoms with van der Waals surface area (Å²) in [5.74, 6) is 0.187. The maximum atomic E-state index is 11.3. The second kappa shape index (κ2) is 9.22. The molecular weight excluding hydrogens is 299 g/mol. The summed E-state index contributed by atoms with van der Waals surface area (Å²) in [5.41, 5.74) is 0. The molecule has 0 aliphatic rings. The van der Waals surface area contributed by atoms with E-state index in [9.17, 15) is 4.79 Å². The molecule has 0 radical (unpaired) electrons. The molecule has 16 heavy (non-hydrogen) atoms. The predicted octanol–water partition coefficient (Wildman–Crippen LogP) is 1.98. The van der Waals surface area contributed by atoms with Crippen LogP contribution in [0.1, 0.15) is 13.8 Å². The van der Waals surface area contributed by atoms with E-state index in [1.165, 1.54) is 0 Å². The first kappa shape index (κ1) is 16.2. The molecule has 0 bridgehead atoms. The Morgan fingerprint density at radius 1 is 1.12 bits per heavy atom. The molecule has 4 nitrogen and oxygen atoms in total. The molecule has 0 aromatic rings. The van der Waals surface area contributed by atoms with Crippen molar-refractivity contribution in [2.45, 2.75) is 18.2 Å². The fraction of sp³-hybridized carbons (Fsp3) is 0.900. The molecule has 0 N–H and O–H groups in total. The lowest BCUT2D eigenvalue weighted by Crippen LogP contribution is -2.27.